The second-order valence-corrected chi connectivity index (χ2v) is 12.5. The molecule has 0 unspecified atom stereocenters. The van der Waals surface area contributed by atoms with Crippen molar-refractivity contribution < 1.29 is 44.3 Å². The maximum atomic E-state index is 7.33. The van der Waals surface area contributed by atoms with Gasteiger partial charge in [-0.3, -0.25) is 0 Å². The summed E-state index contributed by atoms with van der Waals surface area (Å²) in [7, 11) is -0.554. The van der Waals surface area contributed by atoms with E-state index in [9.17, 15) is 0 Å². The van der Waals surface area contributed by atoms with Crippen molar-refractivity contribution in [1.82, 2.24) is 0 Å². The summed E-state index contributed by atoms with van der Waals surface area (Å²) in [4.78, 5) is 0. The van der Waals surface area contributed by atoms with Crippen molar-refractivity contribution in [3.05, 3.63) is 133 Å². The monoisotopic (exact) mass is 656 g/mol. The molecule has 2 N–H and O–H groups in total. The van der Waals surface area contributed by atoms with Crippen molar-refractivity contribution in [2.45, 2.75) is 12.8 Å². The Morgan fingerprint density at radius 3 is 0.811 bits per heavy atom. The van der Waals surface area contributed by atoms with Crippen LogP contribution in [0.2, 0.25) is 0 Å². The Balaban J connectivity index is 0.000000648. The minimum absolute atomic E-state index is 0. The van der Waals surface area contributed by atoms with Gasteiger partial charge in [0, 0.05) is 0 Å². The minimum Gasteiger partial charge on any atom is -1.00 e. The van der Waals surface area contributed by atoms with Crippen LogP contribution in [-0.2, 0) is 19.5 Å². The normalized spacial score (nSPS) is 9.84. The molecule has 0 aliphatic carbocycles. The minimum atomic E-state index is -0.277. The Labute approximate surface area is 251 Å². The van der Waals surface area contributed by atoms with Crippen molar-refractivity contribution in [2.24, 2.45) is 0 Å². The van der Waals surface area contributed by atoms with Crippen LogP contribution in [0.25, 0.3) is 11.5 Å². The van der Waals surface area contributed by atoms with Crippen LogP contribution in [0.3, 0.4) is 0 Å². The Bertz CT molecular complexity index is 880. The molecular formula is C30H34Cl2N2P2Ru. The first-order valence-corrected chi connectivity index (χ1v) is 14.9. The van der Waals surface area contributed by atoms with Gasteiger partial charge in [0.15, 0.2) is 0 Å². The largest absolute Gasteiger partial charge is 4.00 e. The fourth-order valence-electron chi connectivity index (χ4n) is 3.72. The molecule has 0 aliphatic heterocycles. The number of benzene rings is 4. The van der Waals surface area contributed by atoms with Gasteiger partial charge in [-0.05, 0) is 49.4 Å². The first-order chi connectivity index (χ1) is 16.8. The van der Waals surface area contributed by atoms with E-state index in [1.165, 1.54) is 21.2 Å². The van der Waals surface area contributed by atoms with E-state index in [2.05, 4.69) is 121 Å². The molecule has 0 spiro atoms. The maximum Gasteiger partial charge on any atom is 4.00 e. The predicted molar refractivity (Wildman–Crippen MR) is 155 cm³/mol. The molecule has 0 bridgehead atoms. The Kier molecular flexibility index (Phi) is 21.1. The summed E-state index contributed by atoms with van der Waals surface area (Å²) < 4.78 is 0. The van der Waals surface area contributed by atoms with E-state index in [0.29, 0.717) is 13.1 Å². The molecule has 0 aromatic heterocycles. The molecule has 7 heteroatoms. The molecule has 2 nitrogen and oxygen atoms in total. The third kappa shape index (κ3) is 12.5. The molecule has 0 amide bonds. The molecule has 0 saturated heterocycles. The Morgan fingerprint density at radius 1 is 0.405 bits per heavy atom. The third-order valence-electron chi connectivity index (χ3n) is 5.39. The number of rotatable bonds is 10. The first kappa shape index (κ1) is 35.9. The molecule has 37 heavy (non-hydrogen) atoms. The maximum absolute atomic E-state index is 7.33. The van der Waals surface area contributed by atoms with Gasteiger partial charge in [-0.15, -0.1) is 0 Å². The molecule has 0 aliphatic rings. The molecule has 0 heterocycles. The molecule has 4 aromatic carbocycles. The summed E-state index contributed by atoms with van der Waals surface area (Å²) in [6, 6.07) is 42.8. The van der Waals surface area contributed by atoms with E-state index < -0.39 is 0 Å². The average Bonchev–Trinajstić information content (AvgIpc) is 2.92. The molecule has 0 atom stereocenters. The topological polar surface area (TPSA) is 47.6 Å². The van der Waals surface area contributed by atoms with Crippen LogP contribution < -0.4 is 46.0 Å². The molecule has 0 radical (unpaired) electrons. The van der Waals surface area contributed by atoms with Crippen molar-refractivity contribution in [3.8, 4) is 0 Å². The molecule has 4 aromatic rings. The van der Waals surface area contributed by atoms with Gasteiger partial charge in [-0.1, -0.05) is 134 Å². The standard InChI is InChI=1S/2C15H17NP.2ClH.Ru/c2*16-12-7-13-17(14-8-3-1-4-9-14)15-10-5-2-6-11-15;;;/h2*1-6,8-11,16H,7,12-13H2;2*1H;/q2*-1;;;+4/p-2. The Hall–Kier alpha value is -1.14. The van der Waals surface area contributed by atoms with Crippen LogP contribution in [0.15, 0.2) is 121 Å². The van der Waals surface area contributed by atoms with E-state index in [1.807, 2.05) is 0 Å². The Morgan fingerprint density at radius 2 is 0.622 bits per heavy atom. The SMILES string of the molecule is [Cl-].[Cl-].[NH-]CCCP(c1ccccc1)c1ccccc1.[NH-]CCCP(c1ccccc1)c1ccccc1.[Ru+4]. The van der Waals surface area contributed by atoms with Gasteiger partial charge in [0.2, 0.25) is 0 Å². The molecule has 0 fully saturated rings. The van der Waals surface area contributed by atoms with Crippen LogP contribution in [0, 0.1) is 0 Å². The second kappa shape index (κ2) is 21.8. The quantitative estimate of drug-likeness (QED) is 0.182. The summed E-state index contributed by atoms with van der Waals surface area (Å²) in [5, 5.41) is 5.67. The summed E-state index contributed by atoms with van der Waals surface area (Å²) in [5.74, 6) is 0. The predicted octanol–water partition coefficient (Wildman–Crippen LogP) is 1.13. The van der Waals surface area contributed by atoms with Gasteiger partial charge in [0.05, 0.1) is 0 Å². The number of hydrogen-bond acceptors (Lipinski definition) is 0. The van der Waals surface area contributed by atoms with Gasteiger partial charge >= 0.3 is 19.5 Å². The van der Waals surface area contributed by atoms with Crippen LogP contribution in [-0.4, -0.2) is 25.4 Å². The zero-order valence-electron chi connectivity index (χ0n) is 20.8. The van der Waals surface area contributed by atoms with Crippen molar-refractivity contribution >= 4 is 37.1 Å². The summed E-state index contributed by atoms with van der Waals surface area (Å²) in [6.45, 7) is 1.05. The fraction of sp³-hybridized carbons (Fsp3) is 0.200. The van der Waals surface area contributed by atoms with E-state index >= 15 is 0 Å². The van der Waals surface area contributed by atoms with E-state index in [0.717, 1.165) is 25.2 Å². The van der Waals surface area contributed by atoms with Crippen molar-refractivity contribution in [1.29, 1.82) is 0 Å². The van der Waals surface area contributed by atoms with E-state index in [-0.39, 0.29) is 60.1 Å². The first-order valence-electron chi connectivity index (χ1n) is 11.9. The average molecular weight is 657 g/mol. The van der Waals surface area contributed by atoms with Crippen LogP contribution >= 0.6 is 15.8 Å². The van der Waals surface area contributed by atoms with E-state index in [4.69, 9.17) is 11.5 Å². The second-order valence-electron chi connectivity index (χ2n) is 7.85. The molecule has 196 valence electrons. The van der Waals surface area contributed by atoms with Crippen LogP contribution in [0.5, 0.6) is 0 Å². The van der Waals surface area contributed by atoms with E-state index in [1.54, 1.807) is 0 Å². The molecular weight excluding hydrogens is 622 g/mol. The van der Waals surface area contributed by atoms with Gasteiger partial charge in [-0.2, -0.15) is 13.1 Å². The fourth-order valence-corrected chi connectivity index (χ4v) is 8.43. The van der Waals surface area contributed by atoms with Crippen LogP contribution in [0.1, 0.15) is 12.8 Å². The zero-order valence-corrected chi connectivity index (χ0v) is 25.8. The smallest absolute Gasteiger partial charge is 1.00 e. The zero-order chi connectivity index (χ0) is 23.8. The van der Waals surface area contributed by atoms with Gasteiger partial charge in [0.1, 0.15) is 0 Å². The number of halogens is 2. The molecule has 4 rings (SSSR count). The van der Waals surface area contributed by atoms with Crippen molar-refractivity contribution in [3.63, 3.8) is 0 Å². The summed E-state index contributed by atoms with van der Waals surface area (Å²) in [5.41, 5.74) is 14.7. The summed E-state index contributed by atoms with van der Waals surface area (Å²) >= 11 is 0. The third-order valence-corrected chi connectivity index (χ3v) is 10.6. The van der Waals surface area contributed by atoms with Gasteiger partial charge in [0.25, 0.3) is 0 Å². The van der Waals surface area contributed by atoms with Crippen molar-refractivity contribution in [2.75, 3.05) is 25.4 Å². The van der Waals surface area contributed by atoms with Gasteiger partial charge < -0.3 is 36.3 Å². The number of hydrogen-bond donors (Lipinski definition) is 0. The number of nitrogens with one attached hydrogen (secondary N) is 2. The summed E-state index contributed by atoms with van der Waals surface area (Å²) in [6.07, 6.45) is 4.20. The van der Waals surface area contributed by atoms with Gasteiger partial charge in [-0.25, -0.2) is 0 Å². The van der Waals surface area contributed by atoms with Crippen LogP contribution in [0.4, 0.5) is 0 Å². The molecule has 0 saturated carbocycles.